The number of rotatable bonds is 7. The summed E-state index contributed by atoms with van der Waals surface area (Å²) in [4.78, 5) is 6.86. The molecule has 2 aliphatic rings. The topological polar surface area (TPSA) is 33.1 Å². The highest BCUT2D eigenvalue weighted by Gasteiger charge is 2.20. The molecule has 1 aromatic heterocycles. The van der Waals surface area contributed by atoms with Gasteiger partial charge in [0.1, 0.15) is 0 Å². The van der Waals surface area contributed by atoms with Crippen LogP contribution in [0, 0.1) is 0 Å². The Morgan fingerprint density at radius 2 is 2.06 bits per heavy atom. The van der Waals surface area contributed by atoms with Gasteiger partial charge in [-0.25, -0.2) is 4.98 Å². The van der Waals surface area contributed by atoms with E-state index in [9.17, 15) is 0 Å². The van der Waals surface area contributed by atoms with E-state index in [0.29, 0.717) is 0 Å². The molecule has 18 heavy (non-hydrogen) atoms. The van der Waals surface area contributed by atoms with Crippen molar-refractivity contribution in [1.29, 1.82) is 0 Å². The number of nitrogens with zero attached hydrogens (tertiary/aromatic N) is 3. The molecule has 2 heterocycles. The van der Waals surface area contributed by atoms with Gasteiger partial charge in [0.2, 0.25) is 0 Å². The lowest BCUT2D eigenvalue weighted by atomic mass is 10.3. The van der Waals surface area contributed by atoms with Gasteiger partial charge in [-0.1, -0.05) is 0 Å². The normalized spacial score (nSPS) is 20.7. The van der Waals surface area contributed by atoms with Crippen LogP contribution in [0.15, 0.2) is 12.5 Å². The van der Waals surface area contributed by atoms with E-state index in [2.05, 4.69) is 19.8 Å². The first-order valence-electron chi connectivity index (χ1n) is 7.36. The van der Waals surface area contributed by atoms with E-state index < -0.39 is 0 Å². The molecule has 4 heteroatoms. The Kier molecular flexibility index (Phi) is 3.96. The molecule has 1 saturated heterocycles. The van der Waals surface area contributed by atoms with Crippen molar-refractivity contribution < 1.29 is 0 Å². The molecular formula is C14H24N4. The van der Waals surface area contributed by atoms with Gasteiger partial charge in [0, 0.05) is 25.3 Å². The van der Waals surface area contributed by atoms with Crippen LogP contribution in [0.1, 0.15) is 37.8 Å². The van der Waals surface area contributed by atoms with Crippen molar-refractivity contribution >= 4 is 0 Å². The van der Waals surface area contributed by atoms with Crippen LogP contribution in [0.3, 0.4) is 0 Å². The third-order valence-corrected chi connectivity index (χ3v) is 4.02. The molecule has 0 amide bonds. The van der Waals surface area contributed by atoms with Crippen molar-refractivity contribution in [3.8, 4) is 0 Å². The number of hydrogen-bond acceptors (Lipinski definition) is 3. The summed E-state index contributed by atoms with van der Waals surface area (Å²) in [6.07, 6.45) is 10.7. The van der Waals surface area contributed by atoms with E-state index in [0.717, 1.165) is 19.1 Å². The largest absolute Gasteiger partial charge is 0.333 e. The third kappa shape index (κ3) is 3.33. The molecule has 100 valence electrons. The Morgan fingerprint density at radius 3 is 2.83 bits per heavy atom. The fourth-order valence-corrected chi connectivity index (χ4v) is 2.70. The molecule has 2 fully saturated rings. The summed E-state index contributed by atoms with van der Waals surface area (Å²) >= 11 is 0. The summed E-state index contributed by atoms with van der Waals surface area (Å²) in [6, 6.07) is 0.776. The van der Waals surface area contributed by atoms with Crippen molar-refractivity contribution in [3.63, 3.8) is 0 Å². The number of nitrogens with one attached hydrogen (secondary N) is 1. The van der Waals surface area contributed by atoms with Gasteiger partial charge in [0.05, 0.1) is 12.0 Å². The average Bonchev–Trinajstić information content (AvgIpc) is 2.89. The second-order valence-electron chi connectivity index (χ2n) is 5.64. The smallest absolute Gasteiger partial charge is 0.0948 e. The molecule has 0 radical (unpaired) electrons. The molecular weight excluding hydrogens is 224 g/mol. The lowest BCUT2D eigenvalue weighted by Crippen LogP contribution is -2.22. The molecule has 3 rings (SSSR count). The minimum Gasteiger partial charge on any atom is -0.333 e. The van der Waals surface area contributed by atoms with E-state index in [1.807, 2.05) is 12.5 Å². The number of hydrogen-bond donors (Lipinski definition) is 1. The van der Waals surface area contributed by atoms with E-state index >= 15 is 0 Å². The second kappa shape index (κ2) is 5.85. The quantitative estimate of drug-likeness (QED) is 0.796. The van der Waals surface area contributed by atoms with Crippen LogP contribution in [-0.2, 0) is 13.1 Å². The Balaban J connectivity index is 1.41. The van der Waals surface area contributed by atoms with Crippen LogP contribution in [0.25, 0.3) is 0 Å². The number of imidazole rings is 1. The average molecular weight is 248 g/mol. The molecule has 4 nitrogen and oxygen atoms in total. The predicted octanol–water partition coefficient (Wildman–Crippen LogP) is 1.62. The summed E-state index contributed by atoms with van der Waals surface area (Å²) in [5.74, 6) is 0. The van der Waals surface area contributed by atoms with Gasteiger partial charge in [0.25, 0.3) is 0 Å². The minimum atomic E-state index is 0.776. The van der Waals surface area contributed by atoms with Crippen molar-refractivity contribution in [2.24, 2.45) is 0 Å². The number of aromatic nitrogens is 2. The molecule has 0 unspecified atom stereocenters. The number of aryl methyl sites for hydroxylation is 1. The van der Waals surface area contributed by atoms with E-state index in [1.165, 1.54) is 57.4 Å². The Bertz CT molecular complexity index is 364. The highest BCUT2D eigenvalue weighted by Crippen LogP contribution is 2.19. The monoisotopic (exact) mass is 248 g/mol. The standard InChI is InChI=1S/C14H24N4/c1-2-7-17(6-1)8-3-9-18-12-15-10-14(18)11-16-13-4-5-13/h10,12-13,16H,1-9,11H2. The molecule has 0 atom stereocenters. The van der Waals surface area contributed by atoms with Crippen molar-refractivity contribution in [1.82, 2.24) is 19.8 Å². The zero-order valence-corrected chi connectivity index (χ0v) is 11.1. The summed E-state index contributed by atoms with van der Waals surface area (Å²) in [5, 5.41) is 3.56. The highest BCUT2D eigenvalue weighted by atomic mass is 15.1. The van der Waals surface area contributed by atoms with Gasteiger partial charge < -0.3 is 14.8 Å². The predicted molar refractivity (Wildman–Crippen MR) is 72.4 cm³/mol. The van der Waals surface area contributed by atoms with Crippen LogP contribution >= 0.6 is 0 Å². The van der Waals surface area contributed by atoms with E-state index in [1.54, 1.807) is 0 Å². The number of likely N-dealkylation sites (tertiary alicyclic amines) is 1. The first-order valence-corrected chi connectivity index (χ1v) is 7.36. The highest BCUT2D eigenvalue weighted by molar-refractivity contribution is 4.99. The van der Waals surface area contributed by atoms with Crippen LogP contribution < -0.4 is 5.32 Å². The van der Waals surface area contributed by atoms with Crippen LogP contribution in [-0.4, -0.2) is 40.1 Å². The van der Waals surface area contributed by atoms with Crippen molar-refractivity contribution in [2.75, 3.05) is 19.6 Å². The van der Waals surface area contributed by atoms with Gasteiger partial charge in [-0.2, -0.15) is 0 Å². The molecule has 0 aromatic carbocycles. The first kappa shape index (κ1) is 12.2. The summed E-state index contributed by atoms with van der Waals surface area (Å²) in [6.45, 7) is 5.94. The molecule has 1 N–H and O–H groups in total. The van der Waals surface area contributed by atoms with Crippen molar-refractivity contribution in [3.05, 3.63) is 18.2 Å². The fourth-order valence-electron chi connectivity index (χ4n) is 2.70. The second-order valence-corrected chi connectivity index (χ2v) is 5.64. The SMILES string of the molecule is c1ncn(CCCN2CCCC2)c1CNC1CC1. The van der Waals surface area contributed by atoms with Gasteiger partial charge in [-0.3, -0.25) is 0 Å². The maximum Gasteiger partial charge on any atom is 0.0948 e. The first-order chi connectivity index (χ1) is 8.92. The van der Waals surface area contributed by atoms with Crippen LogP contribution in [0.4, 0.5) is 0 Å². The molecule has 0 bridgehead atoms. The summed E-state index contributed by atoms with van der Waals surface area (Å²) in [7, 11) is 0. The van der Waals surface area contributed by atoms with E-state index in [4.69, 9.17) is 0 Å². The molecule has 0 spiro atoms. The van der Waals surface area contributed by atoms with Gasteiger partial charge >= 0.3 is 0 Å². The molecule has 1 saturated carbocycles. The van der Waals surface area contributed by atoms with Crippen molar-refractivity contribution in [2.45, 2.75) is 51.2 Å². The Hall–Kier alpha value is -0.870. The van der Waals surface area contributed by atoms with Crippen LogP contribution in [0.5, 0.6) is 0 Å². The Labute approximate surface area is 109 Å². The van der Waals surface area contributed by atoms with Gasteiger partial charge in [0.15, 0.2) is 0 Å². The molecule has 1 aromatic rings. The van der Waals surface area contributed by atoms with E-state index in [-0.39, 0.29) is 0 Å². The van der Waals surface area contributed by atoms with Crippen LogP contribution in [0.2, 0.25) is 0 Å². The van der Waals surface area contributed by atoms with Gasteiger partial charge in [-0.05, 0) is 51.7 Å². The third-order valence-electron chi connectivity index (χ3n) is 4.02. The fraction of sp³-hybridized carbons (Fsp3) is 0.786. The summed E-state index contributed by atoms with van der Waals surface area (Å²) in [5.41, 5.74) is 1.34. The Morgan fingerprint density at radius 1 is 1.22 bits per heavy atom. The molecule has 1 aliphatic heterocycles. The maximum absolute atomic E-state index is 4.28. The molecule has 1 aliphatic carbocycles. The lowest BCUT2D eigenvalue weighted by Gasteiger charge is -2.15. The minimum absolute atomic E-state index is 0.776. The maximum atomic E-state index is 4.28. The zero-order valence-electron chi connectivity index (χ0n) is 11.1. The lowest BCUT2D eigenvalue weighted by molar-refractivity contribution is 0.324. The zero-order chi connectivity index (χ0) is 12.2. The summed E-state index contributed by atoms with van der Waals surface area (Å²) < 4.78 is 2.31. The van der Waals surface area contributed by atoms with Gasteiger partial charge in [-0.15, -0.1) is 0 Å².